The van der Waals surface area contributed by atoms with Crippen molar-refractivity contribution >= 4 is 0 Å². The zero-order chi connectivity index (χ0) is 16.4. The van der Waals surface area contributed by atoms with E-state index in [0.717, 1.165) is 24.7 Å². The molecule has 0 unspecified atom stereocenters. The number of hydrogen-bond donors (Lipinski definition) is 0. The lowest BCUT2D eigenvalue weighted by Gasteiger charge is -2.32. The Morgan fingerprint density at radius 3 is 2.74 bits per heavy atom. The standard InChI is InChI=1S/C15H24N6O2/c1-10(2)15-18-17-14(23-15)9-20-5-6-22-13(7-20)8-21-12(4)16-11(3)19-21/h10,13H,5-9H2,1-4H3/t13-/m1/s1. The van der Waals surface area contributed by atoms with Crippen LogP contribution in [0.25, 0.3) is 0 Å². The van der Waals surface area contributed by atoms with Crippen LogP contribution < -0.4 is 0 Å². The molecule has 8 heteroatoms. The summed E-state index contributed by atoms with van der Waals surface area (Å²) in [6, 6.07) is 0. The van der Waals surface area contributed by atoms with Gasteiger partial charge in [-0.05, 0) is 13.8 Å². The molecule has 23 heavy (non-hydrogen) atoms. The van der Waals surface area contributed by atoms with Crippen LogP contribution in [0, 0.1) is 13.8 Å². The Hall–Kier alpha value is -1.80. The molecule has 0 N–H and O–H groups in total. The number of ether oxygens (including phenoxy) is 1. The van der Waals surface area contributed by atoms with Crippen LogP contribution in [0.15, 0.2) is 4.42 Å². The van der Waals surface area contributed by atoms with Crippen molar-refractivity contribution in [2.45, 2.75) is 52.8 Å². The first-order chi connectivity index (χ1) is 11.0. The predicted octanol–water partition coefficient (Wildman–Crippen LogP) is 1.30. The Labute approximate surface area is 135 Å². The fourth-order valence-corrected chi connectivity index (χ4v) is 2.72. The Kier molecular flexibility index (Phi) is 4.72. The maximum atomic E-state index is 5.86. The highest BCUT2D eigenvalue weighted by atomic mass is 16.5. The van der Waals surface area contributed by atoms with Crippen molar-refractivity contribution in [3.8, 4) is 0 Å². The third kappa shape index (κ3) is 3.94. The minimum Gasteiger partial charge on any atom is -0.424 e. The molecule has 1 aliphatic heterocycles. The molecule has 0 aromatic carbocycles. The van der Waals surface area contributed by atoms with Crippen molar-refractivity contribution in [2.75, 3.05) is 19.7 Å². The number of rotatable bonds is 5. The van der Waals surface area contributed by atoms with Crippen molar-refractivity contribution in [3.63, 3.8) is 0 Å². The van der Waals surface area contributed by atoms with Crippen LogP contribution >= 0.6 is 0 Å². The topological polar surface area (TPSA) is 82.1 Å². The lowest BCUT2D eigenvalue weighted by molar-refractivity contribution is -0.0426. The molecule has 0 spiro atoms. The van der Waals surface area contributed by atoms with Crippen LogP contribution in [0.4, 0.5) is 0 Å². The largest absolute Gasteiger partial charge is 0.424 e. The summed E-state index contributed by atoms with van der Waals surface area (Å²) >= 11 is 0. The molecule has 1 fully saturated rings. The minimum absolute atomic E-state index is 0.0936. The van der Waals surface area contributed by atoms with Gasteiger partial charge in [-0.15, -0.1) is 10.2 Å². The monoisotopic (exact) mass is 320 g/mol. The molecular weight excluding hydrogens is 296 g/mol. The highest BCUT2D eigenvalue weighted by molar-refractivity contribution is 4.90. The van der Waals surface area contributed by atoms with Gasteiger partial charge in [-0.25, -0.2) is 9.67 Å². The minimum atomic E-state index is 0.0936. The van der Waals surface area contributed by atoms with Gasteiger partial charge in [-0.1, -0.05) is 13.8 Å². The predicted molar refractivity (Wildman–Crippen MR) is 82.9 cm³/mol. The van der Waals surface area contributed by atoms with Crippen LogP contribution in [-0.2, 0) is 17.8 Å². The summed E-state index contributed by atoms with van der Waals surface area (Å²) in [5, 5.41) is 12.6. The highest BCUT2D eigenvalue weighted by Crippen LogP contribution is 2.15. The molecule has 8 nitrogen and oxygen atoms in total. The molecule has 126 valence electrons. The molecule has 0 radical (unpaired) electrons. The van der Waals surface area contributed by atoms with Crippen molar-refractivity contribution in [2.24, 2.45) is 0 Å². The van der Waals surface area contributed by atoms with E-state index in [1.54, 1.807) is 0 Å². The van der Waals surface area contributed by atoms with Crippen LogP contribution in [-0.4, -0.2) is 55.7 Å². The molecule has 2 aromatic heterocycles. The second-order valence-corrected chi connectivity index (χ2v) is 6.30. The molecular formula is C15H24N6O2. The van der Waals surface area contributed by atoms with E-state index < -0.39 is 0 Å². The fourth-order valence-electron chi connectivity index (χ4n) is 2.72. The molecule has 1 atom stereocenters. The summed E-state index contributed by atoms with van der Waals surface area (Å²) in [5.41, 5.74) is 0. The van der Waals surface area contributed by atoms with E-state index in [9.17, 15) is 0 Å². The number of aryl methyl sites for hydroxylation is 2. The molecule has 3 heterocycles. The van der Waals surface area contributed by atoms with Gasteiger partial charge in [0.15, 0.2) is 0 Å². The lowest BCUT2D eigenvalue weighted by atomic mass is 10.2. The molecule has 0 amide bonds. The smallest absolute Gasteiger partial charge is 0.230 e. The van der Waals surface area contributed by atoms with Gasteiger partial charge in [0, 0.05) is 19.0 Å². The molecule has 0 aliphatic carbocycles. The van der Waals surface area contributed by atoms with Gasteiger partial charge in [0.1, 0.15) is 11.6 Å². The van der Waals surface area contributed by atoms with Gasteiger partial charge < -0.3 is 9.15 Å². The van der Waals surface area contributed by atoms with Crippen LogP contribution in [0.3, 0.4) is 0 Å². The second-order valence-electron chi connectivity index (χ2n) is 6.30. The van der Waals surface area contributed by atoms with Crippen molar-refractivity contribution < 1.29 is 9.15 Å². The summed E-state index contributed by atoms with van der Waals surface area (Å²) < 4.78 is 13.5. The number of hydrogen-bond acceptors (Lipinski definition) is 7. The molecule has 1 aliphatic rings. The fraction of sp³-hybridized carbons (Fsp3) is 0.733. The first-order valence-corrected chi connectivity index (χ1v) is 8.05. The van der Waals surface area contributed by atoms with Crippen LogP contribution in [0.2, 0.25) is 0 Å². The van der Waals surface area contributed by atoms with E-state index in [1.807, 2.05) is 32.4 Å². The van der Waals surface area contributed by atoms with E-state index in [0.29, 0.717) is 31.5 Å². The lowest BCUT2D eigenvalue weighted by Crippen LogP contribution is -2.44. The first kappa shape index (κ1) is 16.1. The van der Waals surface area contributed by atoms with Gasteiger partial charge in [0.2, 0.25) is 11.8 Å². The zero-order valence-corrected chi connectivity index (χ0v) is 14.2. The number of aromatic nitrogens is 5. The number of morpholine rings is 1. The van der Waals surface area contributed by atoms with Gasteiger partial charge in [0.25, 0.3) is 0 Å². The Balaban J connectivity index is 1.58. The van der Waals surface area contributed by atoms with Gasteiger partial charge in [0.05, 0.1) is 25.8 Å². The maximum absolute atomic E-state index is 5.86. The first-order valence-electron chi connectivity index (χ1n) is 8.05. The molecule has 0 bridgehead atoms. The van der Waals surface area contributed by atoms with E-state index >= 15 is 0 Å². The zero-order valence-electron chi connectivity index (χ0n) is 14.2. The maximum Gasteiger partial charge on any atom is 0.230 e. The quantitative estimate of drug-likeness (QED) is 0.821. The van der Waals surface area contributed by atoms with E-state index in [4.69, 9.17) is 9.15 Å². The summed E-state index contributed by atoms with van der Waals surface area (Å²) in [5.74, 6) is 3.33. The SMILES string of the molecule is Cc1nc(C)n(C[C@H]2CN(Cc3nnc(C(C)C)o3)CCO2)n1. The number of nitrogens with zero attached hydrogens (tertiary/aromatic N) is 6. The van der Waals surface area contributed by atoms with Crippen molar-refractivity contribution in [1.82, 2.24) is 29.9 Å². The Bertz CT molecular complexity index is 650. The highest BCUT2D eigenvalue weighted by Gasteiger charge is 2.23. The summed E-state index contributed by atoms with van der Waals surface area (Å²) in [7, 11) is 0. The Morgan fingerprint density at radius 1 is 1.26 bits per heavy atom. The van der Waals surface area contributed by atoms with Gasteiger partial charge in [-0.2, -0.15) is 5.10 Å². The van der Waals surface area contributed by atoms with Gasteiger partial charge in [-0.3, -0.25) is 4.90 Å². The van der Waals surface area contributed by atoms with Gasteiger partial charge >= 0.3 is 0 Å². The average Bonchev–Trinajstić information content (AvgIpc) is 3.07. The summed E-state index contributed by atoms with van der Waals surface area (Å²) in [6.45, 7) is 11.7. The molecule has 0 saturated carbocycles. The summed E-state index contributed by atoms with van der Waals surface area (Å²) in [4.78, 5) is 6.61. The Morgan fingerprint density at radius 2 is 2.09 bits per heavy atom. The van der Waals surface area contributed by atoms with E-state index in [2.05, 4.69) is 25.2 Å². The van der Waals surface area contributed by atoms with E-state index in [-0.39, 0.29) is 12.0 Å². The molecule has 2 aromatic rings. The molecule has 3 rings (SSSR count). The summed E-state index contributed by atoms with van der Waals surface area (Å²) in [6.07, 6.45) is 0.0936. The van der Waals surface area contributed by atoms with Crippen molar-refractivity contribution in [1.29, 1.82) is 0 Å². The average molecular weight is 320 g/mol. The van der Waals surface area contributed by atoms with E-state index in [1.165, 1.54) is 0 Å². The third-order valence-corrected chi connectivity index (χ3v) is 3.90. The van der Waals surface area contributed by atoms with Crippen LogP contribution in [0.5, 0.6) is 0 Å². The second kappa shape index (κ2) is 6.76. The van der Waals surface area contributed by atoms with Crippen molar-refractivity contribution in [3.05, 3.63) is 23.4 Å². The van der Waals surface area contributed by atoms with Crippen LogP contribution in [0.1, 0.15) is 43.2 Å². The normalized spacial score (nSPS) is 19.6. The third-order valence-electron chi connectivity index (χ3n) is 3.90. The molecule has 1 saturated heterocycles.